The third kappa shape index (κ3) is 1.90. The van der Waals surface area contributed by atoms with Crippen LogP contribution in [-0.4, -0.2) is 16.0 Å². The SMILES string of the molecule is CCc1nc2ccc(NC(N)=O)cc2[nH]1. The molecule has 78 valence electrons. The molecule has 2 rings (SSSR count). The van der Waals surface area contributed by atoms with Crippen molar-refractivity contribution in [2.45, 2.75) is 13.3 Å². The van der Waals surface area contributed by atoms with Gasteiger partial charge in [0, 0.05) is 12.1 Å². The molecule has 2 aromatic rings. The number of aromatic amines is 1. The lowest BCUT2D eigenvalue weighted by atomic mass is 10.3. The quantitative estimate of drug-likeness (QED) is 0.694. The fourth-order valence-electron chi connectivity index (χ4n) is 1.45. The van der Waals surface area contributed by atoms with E-state index in [4.69, 9.17) is 5.73 Å². The van der Waals surface area contributed by atoms with Crippen molar-refractivity contribution in [2.75, 3.05) is 5.32 Å². The van der Waals surface area contributed by atoms with Crippen molar-refractivity contribution in [3.63, 3.8) is 0 Å². The average Bonchev–Trinajstić information content (AvgIpc) is 2.58. The van der Waals surface area contributed by atoms with Crippen molar-refractivity contribution in [1.82, 2.24) is 9.97 Å². The van der Waals surface area contributed by atoms with Crippen LogP contribution in [-0.2, 0) is 6.42 Å². The molecule has 0 atom stereocenters. The Kier molecular flexibility index (Phi) is 2.29. The summed E-state index contributed by atoms with van der Waals surface area (Å²) in [6.45, 7) is 2.03. The zero-order valence-corrected chi connectivity index (χ0v) is 8.37. The highest BCUT2D eigenvalue weighted by molar-refractivity contribution is 5.90. The monoisotopic (exact) mass is 204 g/mol. The maximum absolute atomic E-state index is 10.7. The number of aromatic nitrogens is 2. The van der Waals surface area contributed by atoms with Gasteiger partial charge >= 0.3 is 6.03 Å². The summed E-state index contributed by atoms with van der Waals surface area (Å²) in [4.78, 5) is 18.2. The summed E-state index contributed by atoms with van der Waals surface area (Å²) < 4.78 is 0. The molecule has 0 spiro atoms. The number of hydrogen-bond donors (Lipinski definition) is 3. The molecule has 0 fully saturated rings. The topological polar surface area (TPSA) is 83.8 Å². The highest BCUT2D eigenvalue weighted by atomic mass is 16.2. The lowest BCUT2D eigenvalue weighted by molar-refractivity contribution is 0.259. The zero-order valence-electron chi connectivity index (χ0n) is 8.37. The number of rotatable bonds is 2. The van der Waals surface area contributed by atoms with Gasteiger partial charge in [0.15, 0.2) is 0 Å². The molecular weight excluding hydrogens is 192 g/mol. The Morgan fingerprint density at radius 3 is 3.07 bits per heavy atom. The van der Waals surface area contributed by atoms with Crippen LogP contribution >= 0.6 is 0 Å². The average molecular weight is 204 g/mol. The first-order valence-electron chi connectivity index (χ1n) is 4.74. The van der Waals surface area contributed by atoms with Crippen molar-refractivity contribution >= 4 is 22.8 Å². The van der Waals surface area contributed by atoms with Crippen molar-refractivity contribution in [3.8, 4) is 0 Å². The Hall–Kier alpha value is -2.04. The minimum atomic E-state index is -0.565. The van der Waals surface area contributed by atoms with Crippen LogP contribution in [0.4, 0.5) is 10.5 Å². The van der Waals surface area contributed by atoms with Crippen LogP contribution < -0.4 is 11.1 Å². The lowest BCUT2D eigenvalue weighted by Crippen LogP contribution is -2.19. The fourth-order valence-corrected chi connectivity index (χ4v) is 1.45. The van der Waals surface area contributed by atoms with Gasteiger partial charge in [-0.2, -0.15) is 0 Å². The van der Waals surface area contributed by atoms with E-state index in [1.165, 1.54) is 0 Å². The van der Waals surface area contributed by atoms with E-state index in [1.807, 2.05) is 19.1 Å². The molecule has 1 aromatic heterocycles. The number of fused-ring (bicyclic) bond motifs is 1. The highest BCUT2D eigenvalue weighted by Crippen LogP contribution is 2.17. The second-order valence-electron chi connectivity index (χ2n) is 3.26. The number of aryl methyl sites for hydroxylation is 1. The van der Waals surface area contributed by atoms with Crippen molar-refractivity contribution in [2.24, 2.45) is 5.73 Å². The van der Waals surface area contributed by atoms with Crippen LogP contribution in [0, 0.1) is 0 Å². The Bertz CT molecular complexity index is 503. The second kappa shape index (κ2) is 3.61. The van der Waals surface area contributed by atoms with Gasteiger partial charge in [0.05, 0.1) is 11.0 Å². The number of benzene rings is 1. The number of nitrogens with one attached hydrogen (secondary N) is 2. The number of carbonyl (C=O) groups excluding carboxylic acids is 1. The molecule has 0 aliphatic carbocycles. The van der Waals surface area contributed by atoms with E-state index in [2.05, 4.69) is 15.3 Å². The van der Waals surface area contributed by atoms with Crippen molar-refractivity contribution in [1.29, 1.82) is 0 Å². The van der Waals surface area contributed by atoms with E-state index in [9.17, 15) is 4.79 Å². The number of primary amides is 1. The van der Waals surface area contributed by atoms with E-state index in [-0.39, 0.29) is 0 Å². The summed E-state index contributed by atoms with van der Waals surface area (Å²) >= 11 is 0. The first-order chi connectivity index (χ1) is 7.19. The summed E-state index contributed by atoms with van der Waals surface area (Å²) in [5.41, 5.74) is 7.48. The van der Waals surface area contributed by atoms with Crippen LogP contribution in [0.25, 0.3) is 11.0 Å². The van der Waals surface area contributed by atoms with Crippen LogP contribution in [0.2, 0.25) is 0 Å². The number of anilines is 1. The number of carbonyl (C=O) groups is 1. The molecule has 1 heterocycles. The minimum absolute atomic E-state index is 0.565. The van der Waals surface area contributed by atoms with Gasteiger partial charge in [0.2, 0.25) is 0 Å². The van der Waals surface area contributed by atoms with Gasteiger partial charge < -0.3 is 16.0 Å². The number of amides is 2. The molecule has 0 saturated heterocycles. The van der Waals surface area contributed by atoms with Gasteiger partial charge in [0.1, 0.15) is 5.82 Å². The molecule has 0 unspecified atom stereocenters. The Morgan fingerprint density at radius 1 is 1.60 bits per heavy atom. The molecule has 0 aliphatic heterocycles. The van der Waals surface area contributed by atoms with Gasteiger partial charge in [0.25, 0.3) is 0 Å². The number of imidazole rings is 1. The fraction of sp³-hybridized carbons (Fsp3) is 0.200. The first kappa shape index (κ1) is 9.51. The third-order valence-electron chi connectivity index (χ3n) is 2.13. The molecule has 15 heavy (non-hydrogen) atoms. The Balaban J connectivity index is 2.41. The van der Waals surface area contributed by atoms with Gasteiger partial charge in [-0.15, -0.1) is 0 Å². The molecule has 5 heteroatoms. The Morgan fingerprint density at radius 2 is 2.40 bits per heavy atom. The maximum Gasteiger partial charge on any atom is 0.316 e. The van der Waals surface area contributed by atoms with Crippen molar-refractivity contribution < 1.29 is 4.79 Å². The molecule has 0 bridgehead atoms. The van der Waals surface area contributed by atoms with Gasteiger partial charge in [-0.3, -0.25) is 0 Å². The van der Waals surface area contributed by atoms with Crippen LogP contribution in [0.3, 0.4) is 0 Å². The Labute approximate surface area is 86.7 Å². The maximum atomic E-state index is 10.7. The molecule has 1 aromatic carbocycles. The van der Waals surface area contributed by atoms with Crippen molar-refractivity contribution in [3.05, 3.63) is 24.0 Å². The molecule has 0 aliphatic rings. The van der Waals surface area contributed by atoms with Gasteiger partial charge in [-0.25, -0.2) is 9.78 Å². The molecule has 0 radical (unpaired) electrons. The summed E-state index contributed by atoms with van der Waals surface area (Å²) in [6.07, 6.45) is 0.854. The predicted molar refractivity (Wildman–Crippen MR) is 58.7 cm³/mol. The number of urea groups is 1. The second-order valence-corrected chi connectivity index (χ2v) is 3.26. The lowest BCUT2D eigenvalue weighted by Gasteiger charge is -1.99. The summed E-state index contributed by atoms with van der Waals surface area (Å²) in [5, 5.41) is 2.52. The first-order valence-corrected chi connectivity index (χ1v) is 4.74. The molecule has 2 amide bonds. The molecular formula is C10H12N4O. The van der Waals surface area contributed by atoms with E-state index < -0.39 is 6.03 Å². The number of nitrogens with two attached hydrogens (primary N) is 1. The highest BCUT2D eigenvalue weighted by Gasteiger charge is 2.02. The third-order valence-corrected chi connectivity index (χ3v) is 2.13. The standard InChI is InChI=1S/C10H12N4O/c1-2-9-13-7-4-3-6(12-10(11)15)5-8(7)14-9/h3-5H,2H2,1H3,(H,13,14)(H3,11,12,15). The van der Waals surface area contributed by atoms with Crippen LogP contribution in [0.5, 0.6) is 0 Å². The minimum Gasteiger partial charge on any atom is -0.351 e. The normalized spacial score (nSPS) is 10.5. The van der Waals surface area contributed by atoms with Gasteiger partial charge in [-0.1, -0.05) is 6.92 Å². The molecule has 0 saturated carbocycles. The number of hydrogen-bond acceptors (Lipinski definition) is 2. The van der Waals surface area contributed by atoms with Crippen LogP contribution in [0.15, 0.2) is 18.2 Å². The predicted octanol–water partition coefficient (Wildman–Crippen LogP) is 1.62. The van der Waals surface area contributed by atoms with E-state index in [1.54, 1.807) is 6.07 Å². The van der Waals surface area contributed by atoms with Crippen LogP contribution in [0.1, 0.15) is 12.7 Å². The molecule has 5 nitrogen and oxygen atoms in total. The van der Waals surface area contributed by atoms with E-state index >= 15 is 0 Å². The summed E-state index contributed by atoms with van der Waals surface area (Å²) in [6, 6.07) is 4.86. The molecule has 4 N–H and O–H groups in total. The van der Waals surface area contributed by atoms with Gasteiger partial charge in [-0.05, 0) is 18.2 Å². The zero-order chi connectivity index (χ0) is 10.8. The number of nitrogens with zero attached hydrogens (tertiary/aromatic N) is 1. The van der Waals surface area contributed by atoms with E-state index in [0.717, 1.165) is 23.3 Å². The van der Waals surface area contributed by atoms with E-state index in [0.29, 0.717) is 5.69 Å². The summed E-state index contributed by atoms with van der Waals surface area (Å²) in [7, 11) is 0. The summed E-state index contributed by atoms with van der Waals surface area (Å²) in [5.74, 6) is 0.932. The smallest absolute Gasteiger partial charge is 0.316 e. The number of H-pyrrole nitrogens is 1. The largest absolute Gasteiger partial charge is 0.351 e.